The zero-order valence-electron chi connectivity index (χ0n) is 12.3. The lowest BCUT2D eigenvalue weighted by molar-refractivity contribution is 1.43. The molecule has 0 aliphatic rings. The molecule has 0 heterocycles. The van der Waals surface area contributed by atoms with Gasteiger partial charge in [-0.1, -0.05) is 60.7 Å². The van der Waals surface area contributed by atoms with Crippen LogP contribution in [0.25, 0.3) is 11.1 Å². The first-order valence-corrected chi connectivity index (χ1v) is 7.18. The summed E-state index contributed by atoms with van der Waals surface area (Å²) in [6.07, 6.45) is 0. The molecule has 0 atom stereocenters. The number of hydrogen-bond acceptors (Lipinski definition) is 3. The number of nitriles is 1. The molecule has 23 heavy (non-hydrogen) atoms. The van der Waals surface area contributed by atoms with Crippen LogP contribution in [-0.2, 0) is 0 Å². The lowest BCUT2D eigenvalue weighted by Gasteiger charge is -2.03. The first-order valence-electron chi connectivity index (χ1n) is 7.18. The highest BCUT2D eigenvalue weighted by atomic mass is 14.8. The maximum atomic E-state index is 9.06. The topological polar surface area (TPSA) is 48.5 Å². The number of aliphatic imine (C=N–C) groups is 2. The second-order valence-corrected chi connectivity index (χ2v) is 4.84. The predicted octanol–water partition coefficient (Wildman–Crippen LogP) is 5.36. The highest BCUT2D eigenvalue weighted by Gasteiger charge is 2.02. The summed E-state index contributed by atoms with van der Waals surface area (Å²) < 4.78 is 0. The number of hydrogen-bond donors (Lipinski definition) is 0. The second-order valence-electron chi connectivity index (χ2n) is 4.84. The Bertz CT molecular complexity index is 915. The van der Waals surface area contributed by atoms with Crippen molar-refractivity contribution in [2.45, 2.75) is 0 Å². The molecular formula is C20H13N3. The molecule has 0 aliphatic heterocycles. The Hall–Kier alpha value is -3.47. The van der Waals surface area contributed by atoms with Crippen molar-refractivity contribution in [3.05, 3.63) is 84.4 Å². The third kappa shape index (κ3) is 3.41. The van der Waals surface area contributed by atoms with Crippen LogP contribution >= 0.6 is 0 Å². The minimum absolute atomic E-state index is 0.506. The van der Waals surface area contributed by atoms with E-state index in [4.69, 9.17) is 5.26 Å². The van der Waals surface area contributed by atoms with Gasteiger partial charge in [0, 0.05) is 5.56 Å². The van der Waals surface area contributed by atoms with Gasteiger partial charge in [0.1, 0.15) is 12.1 Å². The minimum atomic E-state index is 0.506. The molecule has 0 unspecified atom stereocenters. The van der Waals surface area contributed by atoms with Gasteiger partial charge in [0.05, 0.1) is 16.9 Å². The first-order chi connectivity index (χ1) is 11.4. The number of para-hydroxylation sites is 2. The summed E-state index contributed by atoms with van der Waals surface area (Å²) in [4.78, 5) is 8.50. The standard InChI is InChI=1S/C20H13N3/c21-14-17-10-4-6-12-19(17)22-15-23-20-13-7-5-11-18(20)16-8-2-1-3-9-16/h1-13H. The Balaban J connectivity index is 1.98. The van der Waals surface area contributed by atoms with Crippen LogP contribution in [0.2, 0.25) is 0 Å². The van der Waals surface area contributed by atoms with Crippen LogP contribution in [0.15, 0.2) is 88.8 Å². The van der Waals surface area contributed by atoms with Crippen molar-refractivity contribution in [3.63, 3.8) is 0 Å². The van der Waals surface area contributed by atoms with E-state index in [1.165, 1.54) is 0 Å². The fourth-order valence-electron chi connectivity index (χ4n) is 2.23. The fourth-order valence-corrected chi connectivity index (χ4v) is 2.23. The Morgan fingerprint density at radius 1 is 0.652 bits per heavy atom. The third-order valence-electron chi connectivity index (χ3n) is 3.35. The molecule has 0 aromatic heterocycles. The van der Waals surface area contributed by atoms with Crippen molar-refractivity contribution < 1.29 is 0 Å². The molecule has 0 N–H and O–H groups in total. The molecule has 0 fully saturated rings. The lowest BCUT2D eigenvalue weighted by atomic mass is 10.0. The van der Waals surface area contributed by atoms with Crippen molar-refractivity contribution in [2.24, 2.45) is 9.98 Å². The van der Waals surface area contributed by atoms with Crippen LogP contribution in [0.1, 0.15) is 5.56 Å². The maximum Gasteiger partial charge on any atom is 0.101 e. The zero-order chi connectivity index (χ0) is 15.9. The van der Waals surface area contributed by atoms with Crippen LogP contribution in [0.3, 0.4) is 0 Å². The van der Waals surface area contributed by atoms with Crippen LogP contribution in [0, 0.1) is 11.3 Å². The normalized spacial score (nSPS) is 9.52. The quantitative estimate of drug-likeness (QED) is 0.600. The van der Waals surface area contributed by atoms with Crippen molar-refractivity contribution in [2.75, 3.05) is 0 Å². The average Bonchev–Trinajstić information content (AvgIpc) is 2.63. The number of rotatable bonds is 3. The predicted molar refractivity (Wildman–Crippen MR) is 92.2 cm³/mol. The second kappa shape index (κ2) is 7.00. The molecule has 0 saturated carbocycles. The molecular weight excluding hydrogens is 282 g/mol. The van der Waals surface area contributed by atoms with E-state index in [0.717, 1.165) is 16.8 Å². The highest BCUT2D eigenvalue weighted by Crippen LogP contribution is 2.29. The van der Waals surface area contributed by atoms with Gasteiger partial charge in [0.2, 0.25) is 0 Å². The van der Waals surface area contributed by atoms with Gasteiger partial charge in [0.15, 0.2) is 0 Å². The minimum Gasteiger partial charge on any atom is -0.192 e. The van der Waals surface area contributed by atoms with E-state index in [0.29, 0.717) is 11.3 Å². The number of nitrogens with zero attached hydrogens (tertiary/aromatic N) is 3. The van der Waals surface area contributed by atoms with Gasteiger partial charge in [-0.15, -0.1) is 0 Å². The average molecular weight is 295 g/mol. The Morgan fingerprint density at radius 2 is 1.26 bits per heavy atom. The van der Waals surface area contributed by atoms with Gasteiger partial charge in [-0.3, -0.25) is 0 Å². The first kappa shape index (κ1) is 14.5. The Labute approximate surface area is 134 Å². The summed E-state index contributed by atoms with van der Waals surface area (Å²) in [7, 11) is 0. The van der Waals surface area contributed by atoms with E-state index in [1.807, 2.05) is 60.7 Å². The molecule has 3 heteroatoms. The fraction of sp³-hybridized carbons (Fsp3) is 0. The van der Waals surface area contributed by atoms with Gasteiger partial charge >= 0.3 is 0 Å². The zero-order valence-corrected chi connectivity index (χ0v) is 12.3. The molecule has 3 aromatic rings. The summed E-state index contributed by atoms with van der Waals surface area (Å²) in [5, 5.41) is 9.06. The largest absolute Gasteiger partial charge is 0.192 e. The van der Waals surface area contributed by atoms with Crippen LogP contribution in [0.5, 0.6) is 0 Å². The van der Waals surface area contributed by atoms with Gasteiger partial charge in [-0.2, -0.15) is 15.2 Å². The molecule has 0 aliphatic carbocycles. The van der Waals surface area contributed by atoms with Gasteiger partial charge < -0.3 is 0 Å². The monoisotopic (exact) mass is 295 g/mol. The Morgan fingerprint density at radius 3 is 2.04 bits per heavy atom. The SMILES string of the molecule is N#Cc1ccccc1N=C=Nc1ccccc1-c1ccccc1. The highest BCUT2D eigenvalue weighted by molar-refractivity contribution is 5.77. The van der Waals surface area contributed by atoms with Gasteiger partial charge in [-0.05, 0) is 23.8 Å². The number of benzene rings is 3. The Kier molecular flexibility index (Phi) is 4.40. The van der Waals surface area contributed by atoms with Gasteiger partial charge in [0.25, 0.3) is 0 Å². The molecule has 3 aromatic carbocycles. The summed E-state index contributed by atoms with van der Waals surface area (Å²) in [6.45, 7) is 0. The van der Waals surface area contributed by atoms with Crippen LogP contribution < -0.4 is 0 Å². The third-order valence-corrected chi connectivity index (χ3v) is 3.35. The molecule has 0 radical (unpaired) electrons. The van der Waals surface area contributed by atoms with Crippen LogP contribution in [0.4, 0.5) is 11.4 Å². The molecule has 0 spiro atoms. The van der Waals surface area contributed by atoms with E-state index in [-0.39, 0.29) is 0 Å². The summed E-state index contributed by atoms with van der Waals surface area (Å²) in [5.41, 5.74) is 3.97. The molecule has 3 rings (SSSR count). The van der Waals surface area contributed by atoms with E-state index < -0.39 is 0 Å². The van der Waals surface area contributed by atoms with E-state index >= 15 is 0 Å². The van der Waals surface area contributed by atoms with E-state index in [9.17, 15) is 0 Å². The van der Waals surface area contributed by atoms with E-state index in [2.05, 4.69) is 22.1 Å². The maximum absolute atomic E-state index is 9.06. The van der Waals surface area contributed by atoms with Crippen molar-refractivity contribution in [1.82, 2.24) is 0 Å². The van der Waals surface area contributed by atoms with Crippen molar-refractivity contribution in [3.8, 4) is 17.2 Å². The molecule has 3 nitrogen and oxygen atoms in total. The summed E-state index contributed by atoms with van der Waals surface area (Å²) >= 11 is 0. The van der Waals surface area contributed by atoms with Gasteiger partial charge in [-0.25, -0.2) is 0 Å². The molecule has 0 amide bonds. The summed E-state index contributed by atoms with van der Waals surface area (Å²) in [5.74, 6) is 0. The summed E-state index contributed by atoms with van der Waals surface area (Å²) in [6, 6.07) is 29.8. The molecule has 108 valence electrons. The van der Waals surface area contributed by atoms with Crippen LogP contribution in [-0.4, -0.2) is 6.01 Å². The van der Waals surface area contributed by atoms with E-state index in [1.54, 1.807) is 18.2 Å². The lowest BCUT2D eigenvalue weighted by Crippen LogP contribution is -1.78. The van der Waals surface area contributed by atoms with Crippen molar-refractivity contribution >= 4 is 17.4 Å². The van der Waals surface area contributed by atoms with Crippen molar-refractivity contribution in [1.29, 1.82) is 5.26 Å². The molecule has 0 bridgehead atoms. The molecule has 0 saturated heterocycles. The smallest absolute Gasteiger partial charge is 0.101 e.